The minimum Gasteiger partial charge on any atom is -0.486 e. The average molecular weight is 385 g/mol. The number of aromatic nitrogens is 3. The number of hydrogen-bond acceptors (Lipinski definition) is 6. The van der Waals surface area contributed by atoms with Crippen LogP contribution in [0.4, 0.5) is 14.5 Å². The fourth-order valence-electron chi connectivity index (χ4n) is 3.34. The first-order valence-electron chi connectivity index (χ1n) is 9.20. The van der Waals surface area contributed by atoms with Crippen LogP contribution in [0, 0.1) is 0 Å². The molecule has 3 heterocycles. The summed E-state index contributed by atoms with van der Waals surface area (Å²) >= 11 is 0. The molecule has 8 heteroatoms. The Morgan fingerprint density at radius 1 is 1.21 bits per heavy atom. The molecule has 6 nitrogen and oxygen atoms in total. The van der Waals surface area contributed by atoms with E-state index in [1.165, 1.54) is 12.4 Å². The molecule has 0 saturated carbocycles. The molecule has 3 aromatic rings. The smallest absolute Gasteiger partial charge is 0.268 e. The number of nitrogens with one attached hydrogen (secondary N) is 2. The van der Waals surface area contributed by atoms with Gasteiger partial charge in [-0.05, 0) is 24.6 Å². The zero-order valence-corrected chi connectivity index (χ0v) is 15.4. The number of nitrogens with zero attached hydrogens (tertiary/aromatic N) is 3. The van der Waals surface area contributed by atoms with Crippen LogP contribution in [-0.2, 0) is 6.54 Å². The van der Waals surface area contributed by atoms with Crippen molar-refractivity contribution >= 4 is 16.7 Å². The highest BCUT2D eigenvalue weighted by molar-refractivity contribution is 5.74. The van der Waals surface area contributed by atoms with Gasteiger partial charge >= 0.3 is 0 Å². The number of hydrogen-bond donors (Lipinski definition) is 2. The summed E-state index contributed by atoms with van der Waals surface area (Å²) in [5, 5.41) is 6.46. The monoisotopic (exact) mass is 385 g/mol. The average Bonchev–Trinajstić information content (AvgIpc) is 3.11. The number of fused-ring (bicyclic) bond motifs is 1. The van der Waals surface area contributed by atoms with Crippen LogP contribution in [0.2, 0.25) is 0 Å². The van der Waals surface area contributed by atoms with E-state index in [1.54, 1.807) is 12.4 Å². The van der Waals surface area contributed by atoms with Crippen molar-refractivity contribution in [3.63, 3.8) is 0 Å². The Labute approximate surface area is 161 Å². The second-order valence-corrected chi connectivity index (χ2v) is 6.92. The Kier molecular flexibility index (Phi) is 5.29. The molecule has 0 bridgehead atoms. The molecule has 2 atom stereocenters. The summed E-state index contributed by atoms with van der Waals surface area (Å²) in [4.78, 5) is 12.5. The highest BCUT2D eigenvalue weighted by Crippen LogP contribution is 2.36. The lowest BCUT2D eigenvalue weighted by Crippen LogP contribution is -2.21. The number of ether oxygens (including phenoxy) is 1. The molecule has 4 rings (SSSR count). The summed E-state index contributed by atoms with van der Waals surface area (Å²) in [6.07, 6.45) is 3.94. The van der Waals surface area contributed by atoms with Gasteiger partial charge in [-0.3, -0.25) is 15.0 Å². The summed E-state index contributed by atoms with van der Waals surface area (Å²) in [5.41, 5.74) is 2.80. The lowest BCUT2D eigenvalue weighted by molar-refractivity contribution is 0.139. The van der Waals surface area contributed by atoms with Gasteiger partial charge in [0.1, 0.15) is 6.10 Å². The van der Waals surface area contributed by atoms with E-state index in [0.29, 0.717) is 24.8 Å². The van der Waals surface area contributed by atoms with E-state index in [-0.39, 0.29) is 17.4 Å². The number of halogens is 2. The standard InChI is InChI=1S/C20H21F2N5O/c1-12-6-14(9-26-12)28-19-15(20(21)22)10-23-11-18(19)27-8-13-2-3-16-17(7-13)25-5-4-24-16/h2-5,7,10-12,14,20,26-27H,6,8-9H2,1H3/t12-,14+/m0/s1. The van der Waals surface area contributed by atoms with Crippen LogP contribution in [-0.4, -0.2) is 33.6 Å². The van der Waals surface area contributed by atoms with Crippen LogP contribution in [0.5, 0.6) is 5.75 Å². The Morgan fingerprint density at radius 2 is 2.04 bits per heavy atom. The van der Waals surface area contributed by atoms with E-state index >= 15 is 0 Å². The Balaban J connectivity index is 1.56. The van der Waals surface area contributed by atoms with E-state index in [1.807, 2.05) is 25.1 Å². The van der Waals surface area contributed by atoms with Gasteiger partial charge in [0.25, 0.3) is 6.43 Å². The molecule has 0 amide bonds. The highest BCUT2D eigenvalue weighted by Gasteiger charge is 2.26. The largest absolute Gasteiger partial charge is 0.486 e. The molecule has 1 aliphatic heterocycles. The number of alkyl halides is 2. The summed E-state index contributed by atoms with van der Waals surface area (Å²) in [6, 6.07) is 6.04. The molecule has 2 aromatic heterocycles. The minimum atomic E-state index is -2.66. The molecule has 1 aromatic carbocycles. The van der Waals surface area contributed by atoms with Gasteiger partial charge in [-0.1, -0.05) is 6.07 Å². The third-order valence-electron chi connectivity index (χ3n) is 4.77. The topological polar surface area (TPSA) is 72.0 Å². The van der Waals surface area contributed by atoms with Crippen molar-refractivity contribution in [2.75, 3.05) is 11.9 Å². The number of anilines is 1. The number of benzene rings is 1. The molecular formula is C20H21F2N5O. The first-order valence-corrected chi connectivity index (χ1v) is 9.20. The Morgan fingerprint density at radius 3 is 2.79 bits per heavy atom. The molecule has 0 unspecified atom stereocenters. The first kappa shape index (κ1) is 18.5. The van der Waals surface area contributed by atoms with Gasteiger partial charge in [0, 0.05) is 44.1 Å². The summed E-state index contributed by atoms with van der Waals surface area (Å²) in [7, 11) is 0. The number of pyridine rings is 1. The van der Waals surface area contributed by atoms with Crippen LogP contribution in [0.3, 0.4) is 0 Å². The van der Waals surface area contributed by atoms with Crippen molar-refractivity contribution in [3.8, 4) is 5.75 Å². The van der Waals surface area contributed by atoms with Gasteiger partial charge in [-0.15, -0.1) is 0 Å². The van der Waals surface area contributed by atoms with Crippen LogP contribution < -0.4 is 15.4 Å². The van der Waals surface area contributed by atoms with Gasteiger partial charge in [-0.25, -0.2) is 8.78 Å². The van der Waals surface area contributed by atoms with Crippen molar-refractivity contribution in [1.82, 2.24) is 20.3 Å². The summed E-state index contributed by atoms with van der Waals surface area (Å²) in [6.45, 7) is 3.11. The van der Waals surface area contributed by atoms with E-state index in [9.17, 15) is 8.78 Å². The van der Waals surface area contributed by atoms with Crippen molar-refractivity contribution in [1.29, 1.82) is 0 Å². The normalized spacial score (nSPS) is 19.3. The lowest BCUT2D eigenvalue weighted by atomic mass is 10.1. The summed E-state index contributed by atoms with van der Waals surface area (Å²) < 4.78 is 33.0. The maximum atomic E-state index is 13.5. The van der Waals surface area contributed by atoms with Crippen LogP contribution in [0.25, 0.3) is 11.0 Å². The molecule has 2 N–H and O–H groups in total. The van der Waals surface area contributed by atoms with E-state index in [0.717, 1.165) is 23.0 Å². The SMILES string of the molecule is C[C@H]1C[C@@H](Oc2c(NCc3ccc4nccnc4c3)cncc2C(F)F)CN1. The molecule has 1 fully saturated rings. The second-order valence-electron chi connectivity index (χ2n) is 6.92. The summed E-state index contributed by atoms with van der Waals surface area (Å²) in [5.74, 6) is 0.173. The van der Waals surface area contributed by atoms with E-state index in [4.69, 9.17) is 4.74 Å². The zero-order valence-electron chi connectivity index (χ0n) is 15.4. The van der Waals surface area contributed by atoms with Gasteiger partial charge in [0.2, 0.25) is 0 Å². The van der Waals surface area contributed by atoms with Crippen LogP contribution in [0.15, 0.2) is 43.0 Å². The third-order valence-corrected chi connectivity index (χ3v) is 4.77. The molecule has 0 radical (unpaired) electrons. The van der Waals surface area contributed by atoms with Crippen molar-refractivity contribution in [2.45, 2.75) is 38.5 Å². The quantitative estimate of drug-likeness (QED) is 0.674. The Bertz CT molecular complexity index is 968. The zero-order chi connectivity index (χ0) is 19.5. The van der Waals surface area contributed by atoms with Crippen molar-refractivity contribution < 1.29 is 13.5 Å². The van der Waals surface area contributed by atoms with Gasteiger partial charge in [0.05, 0.1) is 28.5 Å². The predicted molar refractivity (Wildman–Crippen MR) is 103 cm³/mol. The van der Waals surface area contributed by atoms with Gasteiger partial charge in [-0.2, -0.15) is 0 Å². The molecule has 1 saturated heterocycles. The highest BCUT2D eigenvalue weighted by atomic mass is 19.3. The predicted octanol–water partition coefficient (Wildman–Crippen LogP) is 3.70. The van der Waals surface area contributed by atoms with E-state index < -0.39 is 6.43 Å². The number of rotatable bonds is 6. The van der Waals surface area contributed by atoms with Gasteiger partial charge in [0.15, 0.2) is 5.75 Å². The van der Waals surface area contributed by atoms with Crippen molar-refractivity contribution in [3.05, 3.63) is 54.1 Å². The molecule has 28 heavy (non-hydrogen) atoms. The van der Waals surface area contributed by atoms with Crippen molar-refractivity contribution in [2.24, 2.45) is 0 Å². The molecule has 0 spiro atoms. The Hall–Kier alpha value is -2.87. The van der Waals surface area contributed by atoms with Gasteiger partial charge < -0.3 is 15.4 Å². The fourth-order valence-corrected chi connectivity index (χ4v) is 3.34. The lowest BCUT2D eigenvalue weighted by Gasteiger charge is -2.20. The molecule has 0 aliphatic carbocycles. The molecule has 1 aliphatic rings. The maximum Gasteiger partial charge on any atom is 0.268 e. The second kappa shape index (κ2) is 8.02. The van der Waals surface area contributed by atoms with Crippen LogP contribution in [0.1, 0.15) is 30.9 Å². The third kappa shape index (κ3) is 4.01. The maximum absolute atomic E-state index is 13.5. The molecule has 146 valence electrons. The van der Waals surface area contributed by atoms with Crippen LogP contribution >= 0.6 is 0 Å². The fraction of sp³-hybridized carbons (Fsp3) is 0.350. The minimum absolute atomic E-state index is 0.147. The first-order chi connectivity index (χ1) is 13.6. The van der Waals surface area contributed by atoms with E-state index in [2.05, 4.69) is 25.6 Å². The molecular weight excluding hydrogens is 364 g/mol.